The molecule has 106 valence electrons. The van der Waals surface area contributed by atoms with Crippen molar-refractivity contribution in [2.75, 3.05) is 0 Å². The number of hydrogen-bond acceptors (Lipinski definition) is 5. The maximum atomic E-state index is 10.8. The Bertz CT molecular complexity index is 895. The molecule has 3 rings (SSSR count). The van der Waals surface area contributed by atoms with E-state index in [0.717, 1.165) is 0 Å². The van der Waals surface area contributed by atoms with Gasteiger partial charge in [0.1, 0.15) is 5.69 Å². The highest BCUT2D eigenvalue weighted by molar-refractivity contribution is 5.61. The fourth-order valence-electron chi connectivity index (χ4n) is 2.02. The molecule has 0 saturated heterocycles. The SMILES string of the molecule is N#Cc1cccc(-n2cc(-c3cccc([N+](=O)[O-])c3)nn2)c1. The lowest BCUT2D eigenvalue weighted by Crippen LogP contribution is -1.94. The summed E-state index contributed by atoms with van der Waals surface area (Å²) >= 11 is 0. The van der Waals surface area contributed by atoms with Gasteiger partial charge in [-0.2, -0.15) is 5.26 Å². The number of nitro benzene ring substituents is 1. The first-order chi connectivity index (χ1) is 10.7. The Morgan fingerprint density at radius 2 is 2.00 bits per heavy atom. The van der Waals surface area contributed by atoms with E-state index >= 15 is 0 Å². The molecular formula is C15H9N5O2. The van der Waals surface area contributed by atoms with Crippen molar-refractivity contribution in [3.63, 3.8) is 0 Å². The molecule has 0 saturated carbocycles. The van der Waals surface area contributed by atoms with Crippen LogP contribution in [0.3, 0.4) is 0 Å². The Balaban J connectivity index is 1.99. The third-order valence-corrected chi connectivity index (χ3v) is 3.09. The van der Waals surface area contributed by atoms with E-state index in [1.54, 1.807) is 42.6 Å². The first kappa shape index (κ1) is 13.5. The number of non-ortho nitro benzene ring substituents is 1. The van der Waals surface area contributed by atoms with Gasteiger partial charge in [0.2, 0.25) is 0 Å². The van der Waals surface area contributed by atoms with E-state index in [0.29, 0.717) is 22.5 Å². The van der Waals surface area contributed by atoms with E-state index in [2.05, 4.69) is 16.4 Å². The van der Waals surface area contributed by atoms with E-state index < -0.39 is 4.92 Å². The van der Waals surface area contributed by atoms with Gasteiger partial charge in [-0.05, 0) is 18.2 Å². The number of nitriles is 1. The zero-order valence-corrected chi connectivity index (χ0v) is 11.2. The molecule has 0 amide bonds. The number of rotatable bonds is 3. The maximum absolute atomic E-state index is 10.8. The Morgan fingerprint density at radius 1 is 1.18 bits per heavy atom. The predicted octanol–water partition coefficient (Wildman–Crippen LogP) is 2.71. The van der Waals surface area contributed by atoms with E-state index in [-0.39, 0.29) is 5.69 Å². The molecule has 1 heterocycles. The second kappa shape index (κ2) is 5.46. The largest absolute Gasteiger partial charge is 0.270 e. The molecule has 0 unspecified atom stereocenters. The van der Waals surface area contributed by atoms with Gasteiger partial charge < -0.3 is 0 Å². The van der Waals surface area contributed by atoms with Crippen molar-refractivity contribution in [3.05, 3.63) is 70.4 Å². The normalized spacial score (nSPS) is 10.1. The minimum Gasteiger partial charge on any atom is -0.258 e. The third kappa shape index (κ3) is 2.53. The zero-order chi connectivity index (χ0) is 15.5. The van der Waals surface area contributed by atoms with Gasteiger partial charge in [0.25, 0.3) is 5.69 Å². The van der Waals surface area contributed by atoms with Crippen LogP contribution in [0.5, 0.6) is 0 Å². The van der Waals surface area contributed by atoms with Gasteiger partial charge in [-0.3, -0.25) is 10.1 Å². The summed E-state index contributed by atoms with van der Waals surface area (Å²) in [5, 5.41) is 27.8. The number of benzene rings is 2. The monoisotopic (exact) mass is 291 g/mol. The van der Waals surface area contributed by atoms with Crippen LogP contribution in [0.15, 0.2) is 54.7 Å². The quantitative estimate of drug-likeness (QED) is 0.546. The maximum Gasteiger partial charge on any atom is 0.270 e. The first-order valence-corrected chi connectivity index (χ1v) is 6.35. The lowest BCUT2D eigenvalue weighted by Gasteiger charge is -1.99. The van der Waals surface area contributed by atoms with Crippen molar-refractivity contribution in [1.82, 2.24) is 15.0 Å². The number of hydrogen-bond donors (Lipinski definition) is 0. The average molecular weight is 291 g/mol. The molecule has 0 N–H and O–H groups in total. The summed E-state index contributed by atoms with van der Waals surface area (Å²) in [5.74, 6) is 0. The Labute approximate surface area is 125 Å². The molecule has 0 bridgehead atoms. The van der Waals surface area contributed by atoms with Crippen molar-refractivity contribution >= 4 is 5.69 Å². The summed E-state index contributed by atoms with van der Waals surface area (Å²) in [4.78, 5) is 10.4. The Morgan fingerprint density at radius 3 is 2.77 bits per heavy atom. The van der Waals surface area contributed by atoms with Crippen molar-refractivity contribution in [1.29, 1.82) is 5.26 Å². The average Bonchev–Trinajstić information content (AvgIpc) is 3.05. The van der Waals surface area contributed by atoms with Crippen molar-refractivity contribution in [3.8, 4) is 23.0 Å². The lowest BCUT2D eigenvalue weighted by molar-refractivity contribution is -0.384. The summed E-state index contributed by atoms with van der Waals surface area (Å²) in [6.07, 6.45) is 1.66. The van der Waals surface area contributed by atoms with Gasteiger partial charge in [0, 0.05) is 17.7 Å². The summed E-state index contributed by atoms with van der Waals surface area (Å²) in [6.45, 7) is 0. The molecule has 0 atom stereocenters. The molecule has 22 heavy (non-hydrogen) atoms. The third-order valence-electron chi connectivity index (χ3n) is 3.09. The van der Waals surface area contributed by atoms with Gasteiger partial charge in [-0.1, -0.05) is 23.4 Å². The molecule has 0 fully saturated rings. The Hall–Kier alpha value is -3.53. The summed E-state index contributed by atoms with van der Waals surface area (Å²) in [6, 6.07) is 15.2. The fourth-order valence-corrected chi connectivity index (χ4v) is 2.02. The predicted molar refractivity (Wildman–Crippen MR) is 78.2 cm³/mol. The smallest absolute Gasteiger partial charge is 0.258 e. The standard InChI is InChI=1S/C15H9N5O2/c16-9-11-3-1-5-13(7-11)19-10-15(17-18-19)12-4-2-6-14(8-12)20(21)22/h1-8,10H. The summed E-state index contributed by atoms with van der Waals surface area (Å²) < 4.78 is 1.52. The molecule has 0 spiro atoms. The van der Waals surface area contributed by atoms with Crippen LogP contribution in [0.4, 0.5) is 5.69 Å². The molecule has 3 aromatic rings. The van der Waals surface area contributed by atoms with Gasteiger partial charge in [-0.15, -0.1) is 5.10 Å². The topological polar surface area (TPSA) is 97.6 Å². The van der Waals surface area contributed by atoms with Gasteiger partial charge in [0.05, 0.1) is 28.4 Å². The van der Waals surface area contributed by atoms with E-state index in [1.807, 2.05) is 0 Å². The highest BCUT2D eigenvalue weighted by Crippen LogP contribution is 2.22. The second-order valence-corrected chi connectivity index (χ2v) is 4.52. The molecule has 0 radical (unpaired) electrons. The van der Waals surface area contributed by atoms with Crippen molar-refractivity contribution in [2.24, 2.45) is 0 Å². The van der Waals surface area contributed by atoms with Crippen LogP contribution in [0.25, 0.3) is 16.9 Å². The number of nitro groups is 1. The van der Waals surface area contributed by atoms with Gasteiger partial charge >= 0.3 is 0 Å². The molecule has 0 aliphatic carbocycles. The number of nitrogens with zero attached hydrogens (tertiary/aromatic N) is 5. The molecule has 7 heteroatoms. The van der Waals surface area contributed by atoms with E-state index in [9.17, 15) is 10.1 Å². The van der Waals surface area contributed by atoms with Crippen molar-refractivity contribution in [2.45, 2.75) is 0 Å². The minimum absolute atomic E-state index is 0.00136. The highest BCUT2D eigenvalue weighted by atomic mass is 16.6. The molecule has 2 aromatic carbocycles. The minimum atomic E-state index is -0.454. The number of aromatic nitrogens is 3. The first-order valence-electron chi connectivity index (χ1n) is 6.35. The van der Waals surface area contributed by atoms with Crippen molar-refractivity contribution < 1.29 is 4.92 Å². The molecular weight excluding hydrogens is 282 g/mol. The van der Waals surface area contributed by atoms with Crippen LogP contribution in [-0.4, -0.2) is 19.9 Å². The summed E-state index contributed by atoms with van der Waals surface area (Å²) in [7, 11) is 0. The molecule has 7 nitrogen and oxygen atoms in total. The van der Waals surface area contributed by atoms with E-state index in [4.69, 9.17) is 5.26 Å². The fraction of sp³-hybridized carbons (Fsp3) is 0. The summed E-state index contributed by atoms with van der Waals surface area (Å²) in [5.41, 5.74) is 2.34. The molecule has 1 aromatic heterocycles. The van der Waals surface area contributed by atoms with Crippen LogP contribution >= 0.6 is 0 Å². The van der Waals surface area contributed by atoms with Crippen LogP contribution in [0.2, 0.25) is 0 Å². The van der Waals surface area contributed by atoms with Crippen LogP contribution in [0, 0.1) is 21.4 Å². The lowest BCUT2D eigenvalue weighted by atomic mass is 10.1. The molecule has 0 aliphatic rings. The highest BCUT2D eigenvalue weighted by Gasteiger charge is 2.10. The van der Waals surface area contributed by atoms with Gasteiger partial charge in [-0.25, -0.2) is 4.68 Å². The molecule has 0 aliphatic heterocycles. The second-order valence-electron chi connectivity index (χ2n) is 4.52. The van der Waals surface area contributed by atoms with Crippen LogP contribution in [-0.2, 0) is 0 Å². The van der Waals surface area contributed by atoms with Crippen LogP contribution < -0.4 is 0 Å². The van der Waals surface area contributed by atoms with E-state index in [1.165, 1.54) is 16.8 Å². The Kier molecular flexibility index (Phi) is 3.34. The van der Waals surface area contributed by atoms with Crippen LogP contribution in [0.1, 0.15) is 5.56 Å². The zero-order valence-electron chi connectivity index (χ0n) is 11.2. The van der Waals surface area contributed by atoms with Gasteiger partial charge in [0.15, 0.2) is 0 Å².